The van der Waals surface area contributed by atoms with Gasteiger partial charge in [-0.25, -0.2) is 0 Å². The minimum absolute atomic E-state index is 0.1000. The summed E-state index contributed by atoms with van der Waals surface area (Å²) in [5.74, 6) is 0.887. The third-order valence-electron chi connectivity index (χ3n) is 7.95. The van der Waals surface area contributed by atoms with Gasteiger partial charge < -0.3 is 14.6 Å². The van der Waals surface area contributed by atoms with Crippen molar-refractivity contribution in [2.45, 2.75) is 89.8 Å². The molecule has 2 atom stereocenters. The van der Waals surface area contributed by atoms with E-state index in [2.05, 4.69) is 6.92 Å². The topological polar surface area (TPSA) is 55.8 Å². The number of alkyl halides is 2. The number of carbonyl (C=O) groups excluding carboxylic acids is 1. The molecular weight excluding hydrogens is 462 g/mol. The van der Waals surface area contributed by atoms with Crippen LogP contribution in [0.3, 0.4) is 0 Å². The fourth-order valence-corrected chi connectivity index (χ4v) is 5.82. The number of carbonyl (C=O) groups is 1. The second-order valence-corrected chi connectivity index (χ2v) is 10.4. The van der Waals surface area contributed by atoms with Crippen LogP contribution in [0, 0.1) is 11.8 Å². The van der Waals surface area contributed by atoms with Crippen LogP contribution in [0.2, 0.25) is 0 Å². The van der Waals surface area contributed by atoms with Gasteiger partial charge in [-0.1, -0.05) is 32.4 Å². The van der Waals surface area contributed by atoms with Gasteiger partial charge in [-0.3, -0.25) is 4.79 Å². The van der Waals surface area contributed by atoms with Crippen molar-refractivity contribution in [1.29, 1.82) is 0 Å². The van der Waals surface area contributed by atoms with Crippen molar-refractivity contribution in [3.05, 3.63) is 59.2 Å². The van der Waals surface area contributed by atoms with Gasteiger partial charge in [0.1, 0.15) is 11.5 Å². The number of phenols is 1. The summed E-state index contributed by atoms with van der Waals surface area (Å²) in [4.78, 5) is 11.8. The zero-order chi connectivity index (χ0) is 25.7. The third kappa shape index (κ3) is 6.26. The Kier molecular flexibility index (Phi) is 8.66. The van der Waals surface area contributed by atoms with Crippen LogP contribution in [0.1, 0.15) is 99.0 Å². The van der Waals surface area contributed by atoms with E-state index in [0.29, 0.717) is 17.9 Å². The number of phenolic OH excluding ortho intramolecular Hbond substituents is 1. The average Bonchev–Trinajstić information content (AvgIpc) is 2.89. The molecule has 36 heavy (non-hydrogen) atoms. The number of Topliss-reactive ketones (excluding diaryl/α,β-unsaturated/α-hetero) is 1. The van der Waals surface area contributed by atoms with Crippen molar-refractivity contribution in [3.8, 4) is 11.5 Å². The minimum atomic E-state index is -3.56. The Hall–Kier alpha value is -2.47. The monoisotopic (exact) mass is 500 g/mol. The second-order valence-electron chi connectivity index (χ2n) is 10.4. The lowest BCUT2D eigenvalue weighted by Gasteiger charge is -2.38. The fourth-order valence-electron chi connectivity index (χ4n) is 5.82. The Morgan fingerprint density at radius 3 is 2.33 bits per heavy atom. The summed E-state index contributed by atoms with van der Waals surface area (Å²) in [5, 5.41) is 10.0. The first-order chi connectivity index (χ1) is 17.3. The van der Waals surface area contributed by atoms with Gasteiger partial charge in [-0.15, -0.1) is 0 Å². The molecule has 1 aliphatic carbocycles. The Balaban J connectivity index is 1.32. The average molecular weight is 501 g/mol. The maximum absolute atomic E-state index is 14.8. The van der Waals surface area contributed by atoms with E-state index in [1.54, 1.807) is 19.1 Å². The summed E-state index contributed by atoms with van der Waals surface area (Å²) < 4.78 is 40.8. The Bertz CT molecular complexity index is 1000. The lowest BCUT2D eigenvalue weighted by Crippen LogP contribution is -2.34. The summed E-state index contributed by atoms with van der Waals surface area (Å²) in [6, 6.07) is 10.1. The zero-order valence-corrected chi connectivity index (χ0v) is 21.3. The van der Waals surface area contributed by atoms with Gasteiger partial charge in [0.25, 0.3) is 0 Å². The smallest absolute Gasteiger partial charge is 0.426 e. The zero-order valence-electron chi connectivity index (χ0n) is 21.3. The van der Waals surface area contributed by atoms with Crippen LogP contribution < -0.4 is 4.74 Å². The number of hydrogen-bond acceptors (Lipinski definition) is 4. The molecule has 1 N–H and O–H groups in total. The van der Waals surface area contributed by atoms with Crippen LogP contribution in [0.25, 0.3) is 0 Å². The molecule has 2 aliphatic rings. The van der Waals surface area contributed by atoms with Gasteiger partial charge in [0.2, 0.25) is 0 Å². The van der Waals surface area contributed by atoms with Crippen LogP contribution in [-0.2, 0) is 10.8 Å². The molecule has 1 heterocycles. The molecule has 0 amide bonds. The van der Waals surface area contributed by atoms with Crippen molar-refractivity contribution < 1.29 is 28.2 Å². The normalized spacial score (nSPS) is 24.9. The van der Waals surface area contributed by atoms with Crippen molar-refractivity contribution in [3.63, 3.8) is 0 Å². The van der Waals surface area contributed by atoms with E-state index in [9.17, 15) is 18.7 Å². The highest BCUT2D eigenvalue weighted by Crippen LogP contribution is 2.41. The molecule has 196 valence electrons. The van der Waals surface area contributed by atoms with Crippen LogP contribution in [-0.4, -0.2) is 23.6 Å². The highest BCUT2D eigenvalue weighted by atomic mass is 19.3. The van der Waals surface area contributed by atoms with Crippen LogP contribution in [0.5, 0.6) is 11.5 Å². The number of rotatable bonds is 9. The first-order valence-electron chi connectivity index (χ1n) is 13.5. The molecule has 1 saturated heterocycles. The first-order valence-corrected chi connectivity index (χ1v) is 13.5. The van der Waals surface area contributed by atoms with Crippen LogP contribution in [0.15, 0.2) is 42.5 Å². The summed E-state index contributed by atoms with van der Waals surface area (Å²) in [7, 11) is 0. The Morgan fingerprint density at radius 1 is 1.03 bits per heavy atom. The van der Waals surface area contributed by atoms with Crippen molar-refractivity contribution >= 4 is 5.78 Å². The van der Waals surface area contributed by atoms with E-state index in [1.807, 2.05) is 0 Å². The molecule has 2 aromatic carbocycles. The number of aromatic hydroxyl groups is 1. The summed E-state index contributed by atoms with van der Waals surface area (Å²) in [6.07, 6.45) is 6.30. The molecule has 0 aromatic heterocycles. The molecule has 1 aliphatic heterocycles. The molecule has 6 heteroatoms. The van der Waals surface area contributed by atoms with Crippen LogP contribution in [0.4, 0.5) is 8.78 Å². The van der Waals surface area contributed by atoms with Gasteiger partial charge in [0.15, 0.2) is 5.78 Å². The van der Waals surface area contributed by atoms with Crippen LogP contribution >= 0.6 is 0 Å². The summed E-state index contributed by atoms with van der Waals surface area (Å²) >= 11 is 0. The molecule has 2 fully saturated rings. The molecule has 4 nitrogen and oxygen atoms in total. The highest BCUT2D eigenvalue weighted by Gasteiger charge is 2.36. The lowest BCUT2D eigenvalue weighted by molar-refractivity contribution is -0.185. The molecule has 0 bridgehead atoms. The number of hydrogen-bond donors (Lipinski definition) is 1. The van der Waals surface area contributed by atoms with E-state index in [0.717, 1.165) is 49.8 Å². The van der Waals surface area contributed by atoms with Gasteiger partial charge in [-0.2, -0.15) is 8.78 Å². The molecular formula is C30H38F2O4. The Labute approximate surface area is 213 Å². The van der Waals surface area contributed by atoms with E-state index < -0.39 is 6.11 Å². The second kappa shape index (κ2) is 11.7. The SMILES string of the molecule is CCCC1CCC(C2CCC(c3ccc(C(F)(F)Oc4ccc(C(=O)CC)c(O)c4)cc3)CC2)OC1. The fraction of sp³-hybridized carbons (Fsp3) is 0.567. The molecule has 0 spiro atoms. The number of halogens is 2. The molecule has 1 saturated carbocycles. The lowest BCUT2D eigenvalue weighted by atomic mass is 9.75. The van der Waals surface area contributed by atoms with Gasteiger partial charge in [0.05, 0.1) is 17.2 Å². The molecule has 0 radical (unpaired) electrons. The van der Waals surface area contributed by atoms with Gasteiger partial charge in [-0.05, 0) is 92.5 Å². The molecule has 4 rings (SSSR count). The van der Waals surface area contributed by atoms with Gasteiger partial charge in [0, 0.05) is 19.1 Å². The molecule has 2 unspecified atom stereocenters. The van der Waals surface area contributed by atoms with Crippen molar-refractivity contribution in [1.82, 2.24) is 0 Å². The quantitative estimate of drug-likeness (QED) is 0.355. The predicted molar refractivity (Wildman–Crippen MR) is 136 cm³/mol. The standard InChI is InChI=1S/C30H38F2O4/c1-3-5-20-6-17-29(35-19-20)23-9-7-21(8-10-23)22-11-13-24(14-12-22)30(31,32)36-25-15-16-26(27(33)4-2)28(34)18-25/h11-16,18,20-21,23,29,34H,3-10,17,19H2,1-2H3. The molecule has 2 aromatic rings. The third-order valence-corrected chi connectivity index (χ3v) is 7.95. The maximum Gasteiger partial charge on any atom is 0.426 e. The van der Waals surface area contributed by atoms with Gasteiger partial charge >= 0.3 is 6.11 Å². The van der Waals surface area contributed by atoms with Crippen molar-refractivity contribution in [2.75, 3.05) is 6.61 Å². The predicted octanol–water partition coefficient (Wildman–Crippen LogP) is 7.98. The largest absolute Gasteiger partial charge is 0.507 e. The number of ketones is 1. The first kappa shape index (κ1) is 26.6. The Morgan fingerprint density at radius 2 is 1.75 bits per heavy atom. The summed E-state index contributed by atoms with van der Waals surface area (Å²) in [6.45, 7) is 4.80. The van der Waals surface area contributed by atoms with E-state index in [-0.39, 0.29) is 34.8 Å². The highest BCUT2D eigenvalue weighted by molar-refractivity contribution is 5.98. The van der Waals surface area contributed by atoms with E-state index >= 15 is 0 Å². The van der Waals surface area contributed by atoms with E-state index in [4.69, 9.17) is 9.47 Å². The number of benzene rings is 2. The minimum Gasteiger partial charge on any atom is -0.507 e. The van der Waals surface area contributed by atoms with E-state index in [1.165, 1.54) is 49.9 Å². The van der Waals surface area contributed by atoms with Crippen molar-refractivity contribution in [2.24, 2.45) is 11.8 Å². The number of ether oxygens (including phenoxy) is 2. The summed E-state index contributed by atoms with van der Waals surface area (Å²) in [5.41, 5.74) is 0.939. The maximum atomic E-state index is 14.8.